The fraction of sp³-hybridized carbons (Fsp3) is 0.333. The van der Waals surface area contributed by atoms with E-state index in [-0.39, 0.29) is 50.7 Å². The van der Waals surface area contributed by atoms with Crippen LogP contribution >= 0.6 is 24.8 Å². The molecule has 0 aromatic heterocycles. The van der Waals surface area contributed by atoms with Crippen molar-refractivity contribution in [3.05, 3.63) is 38.2 Å². The minimum atomic E-state index is 0. The van der Waals surface area contributed by atoms with Crippen LogP contribution in [-0.2, 0) is 25.8 Å². The van der Waals surface area contributed by atoms with Crippen molar-refractivity contribution in [2.75, 3.05) is 0 Å². The zero-order valence-corrected chi connectivity index (χ0v) is 12.9. The van der Waals surface area contributed by atoms with E-state index in [4.69, 9.17) is 0 Å². The number of rotatable bonds is 0. The molecule has 1 aliphatic rings. The van der Waals surface area contributed by atoms with Gasteiger partial charge in [-0.25, -0.2) is 12.2 Å². The van der Waals surface area contributed by atoms with E-state index in [0.29, 0.717) is 0 Å². The number of halogens is 2. The summed E-state index contributed by atoms with van der Waals surface area (Å²) < 4.78 is 0. The van der Waals surface area contributed by atoms with E-state index in [1.165, 1.54) is 0 Å². The van der Waals surface area contributed by atoms with Gasteiger partial charge in [-0.2, -0.15) is 19.9 Å². The summed E-state index contributed by atoms with van der Waals surface area (Å²) in [6, 6.07) is 0. The second-order valence-electron chi connectivity index (χ2n) is 1.00. The average Bonchev–Trinajstić information content (AvgIpc) is 2.51. The van der Waals surface area contributed by atoms with Gasteiger partial charge in [0.25, 0.3) is 0 Å². The van der Waals surface area contributed by atoms with Crippen molar-refractivity contribution in [3.8, 4) is 0 Å². The molecule has 12 heavy (non-hydrogen) atoms. The molecule has 0 nitrogen and oxygen atoms in total. The van der Waals surface area contributed by atoms with Crippen molar-refractivity contribution in [1.29, 1.82) is 0 Å². The predicted octanol–water partition coefficient (Wildman–Crippen LogP) is 3.83. The van der Waals surface area contributed by atoms with Gasteiger partial charge >= 0.3 is 0 Å². The maximum Gasteiger partial charge on any atom is 0 e. The minimum absolute atomic E-state index is 0. The van der Waals surface area contributed by atoms with E-state index in [1.807, 2.05) is 12.2 Å². The molecule has 0 saturated heterocycles. The van der Waals surface area contributed by atoms with Crippen LogP contribution in [-0.4, -0.2) is 0 Å². The van der Waals surface area contributed by atoms with Crippen molar-refractivity contribution in [1.82, 2.24) is 0 Å². The second-order valence-corrected chi connectivity index (χ2v) is 1.00. The van der Waals surface area contributed by atoms with Gasteiger partial charge < -0.3 is 13.8 Å². The van der Waals surface area contributed by atoms with Crippen LogP contribution in [0.4, 0.5) is 0 Å². The molecule has 0 radical (unpaired) electrons. The van der Waals surface area contributed by atoms with Crippen LogP contribution in [0.3, 0.4) is 0 Å². The molecule has 74 valence electrons. The molecule has 0 N–H and O–H groups in total. The summed E-state index contributed by atoms with van der Waals surface area (Å²) in [5, 5.41) is 0. The Balaban J connectivity index is -0.0000000213. The predicted molar refractivity (Wildman–Crippen MR) is 58.1 cm³/mol. The molecule has 3 heteroatoms. The first-order chi connectivity index (χ1) is 4.50. The third-order valence-electron chi connectivity index (χ3n) is 0.586. The fourth-order valence-electron chi connectivity index (χ4n) is 0.340. The number of allylic oxidation sites excluding steroid dienone is 4. The van der Waals surface area contributed by atoms with Crippen LogP contribution in [0, 0.1) is 19.9 Å². The standard InChI is InChI=1S/C5H5.2C2H5.2ClH.Hf/c1-2-4-5-3-1;2*1-2;;;/h1-3H,4H2;2*1H2,2H3;2*1H;/q3*-1;;;. The summed E-state index contributed by atoms with van der Waals surface area (Å²) in [7, 11) is 0. The SMILES string of the molecule is Cl.Cl.[C-]1=CC=CC1.[CH2-]C.[CH2-]C.[Hf]. The summed E-state index contributed by atoms with van der Waals surface area (Å²) >= 11 is 0. The van der Waals surface area contributed by atoms with Gasteiger partial charge in [-0.05, 0) is 0 Å². The molecule has 0 unspecified atom stereocenters. The molecule has 0 aromatic carbocycles. The van der Waals surface area contributed by atoms with Gasteiger partial charge in [0.05, 0.1) is 0 Å². The van der Waals surface area contributed by atoms with Crippen molar-refractivity contribution in [2.45, 2.75) is 20.3 Å². The monoisotopic (exact) mass is 375 g/mol. The van der Waals surface area contributed by atoms with Crippen molar-refractivity contribution < 1.29 is 25.8 Å². The van der Waals surface area contributed by atoms with Gasteiger partial charge in [0.2, 0.25) is 0 Å². The molecule has 1 rings (SSSR count). The largest absolute Gasteiger partial charge is 0.346 e. The molecule has 0 aromatic rings. The molecule has 0 bridgehead atoms. The molecule has 0 fully saturated rings. The molecular weight excluding hydrogens is 357 g/mol. The average molecular weight is 375 g/mol. The molecule has 0 spiro atoms. The van der Waals surface area contributed by atoms with Gasteiger partial charge in [0.15, 0.2) is 0 Å². The molecule has 0 saturated carbocycles. The molecule has 0 atom stereocenters. The first kappa shape index (κ1) is 29.3. The molecular formula is C9H17Cl2Hf-3. The van der Waals surface area contributed by atoms with E-state index in [0.717, 1.165) is 6.42 Å². The summed E-state index contributed by atoms with van der Waals surface area (Å²) in [6.45, 7) is 10.0. The summed E-state index contributed by atoms with van der Waals surface area (Å²) in [6.07, 6.45) is 10.0. The Labute approximate surface area is 108 Å². The Kier molecular flexibility index (Phi) is 98.8. The maximum absolute atomic E-state index is 3.25. The Bertz CT molecular complexity index is 70.6. The molecule has 0 aliphatic heterocycles. The third kappa shape index (κ3) is 30.6. The van der Waals surface area contributed by atoms with Gasteiger partial charge in [-0.1, -0.05) is 0 Å². The third-order valence-corrected chi connectivity index (χ3v) is 0.586. The fourth-order valence-corrected chi connectivity index (χ4v) is 0.340. The van der Waals surface area contributed by atoms with Crippen LogP contribution in [0.5, 0.6) is 0 Å². The summed E-state index contributed by atoms with van der Waals surface area (Å²) in [5.74, 6) is 0. The van der Waals surface area contributed by atoms with Crippen molar-refractivity contribution in [3.63, 3.8) is 0 Å². The van der Waals surface area contributed by atoms with E-state index in [2.05, 4.69) is 26.0 Å². The van der Waals surface area contributed by atoms with Crippen LogP contribution < -0.4 is 0 Å². The zero-order chi connectivity index (χ0) is 7.54. The quantitative estimate of drug-likeness (QED) is 0.447. The minimum Gasteiger partial charge on any atom is -0.346 e. The van der Waals surface area contributed by atoms with Crippen LogP contribution in [0.15, 0.2) is 18.2 Å². The second kappa shape index (κ2) is 40.5. The van der Waals surface area contributed by atoms with Gasteiger partial charge in [0, 0.05) is 25.8 Å². The zero-order valence-electron chi connectivity index (χ0n) is 7.67. The normalized spacial score (nSPS) is 8.33. The topological polar surface area (TPSA) is 0 Å². The van der Waals surface area contributed by atoms with Crippen molar-refractivity contribution in [2.24, 2.45) is 0 Å². The van der Waals surface area contributed by atoms with Gasteiger partial charge in [-0.15, -0.1) is 31.2 Å². The Morgan fingerprint density at radius 2 is 1.50 bits per heavy atom. The Morgan fingerprint density at radius 1 is 1.08 bits per heavy atom. The smallest absolute Gasteiger partial charge is 0 e. The molecule has 1 aliphatic carbocycles. The summed E-state index contributed by atoms with van der Waals surface area (Å²) in [5.41, 5.74) is 0. The molecule has 0 heterocycles. The van der Waals surface area contributed by atoms with Gasteiger partial charge in [0.1, 0.15) is 0 Å². The first-order valence-corrected chi connectivity index (χ1v) is 3.13. The van der Waals surface area contributed by atoms with E-state index < -0.39 is 0 Å². The van der Waals surface area contributed by atoms with Crippen LogP contribution in [0.1, 0.15) is 20.3 Å². The van der Waals surface area contributed by atoms with Crippen LogP contribution in [0.2, 0.25) is 0 Å². The first-order valence-electron chi connectivity index (χ1n) is 3.13. The number of hydrogen-bond donors (Lipinski definition) is 0. The number of hydrogen-bond acceptors (Lipinski definition) is 0. The summed E-state index contributed by atoms with van der Waals surface area (Å²) in [4.78, 5) is 0. The van der Waals surface area contributed by atoms with Crippen molar-refractivity contribution >= 4 is 24.8 Å². The van der Waals surface area contributed by atoms with E-state index >= 15 is 0 Å². The Hall–Kier alpha value is 0.930. The maximum atomic E-state index is 3.25. The van der Waals surface area contributed by atoms with E-state index in [1.54, 1.807) is 13.8 Å². The van der Waals surface area contributed by atoms with Gasteiger partial charge in [-0.3, -0.25) is 6.08 Å². The van der Waals surface area contributed by atoms with E-state index in [9.17, 15) is 0 Å². The van der Waals surface area contributed by atoms with Crippen LogP contribution in [0.25, 0.3) is 0 Å². The molecule has 0 amide bonds. The Morgan fingerprint density at radius 3 is 1.58 bits per heavy atom.